The van der Waals surface area contributed by atoms with Crippen LogP contribution in [-0.4, -0.2) is 9.67 Å². The molecule has 11 heavy (non-hydrogen) atoms. The molecule has 1 rings (SSSR count). The Hall–Kier alpha value is -0.610. The number of hydrogen-bond acceptors (Lipinski definition) is 2. The highest BCUT2D eigenvalue weighted by Crippen LogP contribution is 2.07. The molecule has 0 aliphatic carbocycles. The normalized spacial score (nSPS) is 10.1. The van der Waals surface area contributed by atoms with Crippen LogP contribution >= 0.6 is 15.9 Å². The highest BCUT2D eigenvalue weighted by molar-refractivity contribution is 9.10. The average molecular weight is 218 g/mol. The molecule has 0 aliphatic heterocycles. The summed E-state index contributed by atoms with van der Waals surface area (Å²) >= 11 is 3.22. The van der Waals surface area contributed by atoms with Crippen molar-refractivity contribution in [2.75, 3.05) is 0 Å². The largest absolute Gasteiger partial charge is 0.391 e. The summed E-state index contributed by atoms with van der Waals surface area (Å²) in [4.78, 5) is 11.1. The molecule has 1 aromatic rings. The van der Waals surface area contributed by atoms with Gasteiger partial charge in [0.15, 0.2) is 0 Å². The van der Waals surface area contributed by atoms with E-state index in [1.165, 1.54) is 4.57 Å². The Morgan fingerprint density at radius 1 is 1.73 bits per heavy atom. The third-order valence-corrected chi connectivity index (χ3v) is 1.83. The molecule has 0 aromatic carbocycles. The van der Waals surface area contributed by atoms with Crippen molar-refractivity contribution in [1.82, 2.24) is 4.57 Å². The van der Waals surface area contributed by atoms with Crippen LogP contribution in [0, 0.1) is 0 Å². The van der Waals surface area contributed by atoms with Crippen LogP contribution in [0.4, 0.5) is 0 Å². The van der Waals surface area contributed by atoms with E-state index in [-0.39, 0.29) is 12.2 Å². The first-order valence-corrected chi connectivity index (χ1v) is 3.90. The van der Waals surface area contributed by atoms with Gasteiger partial charge in [0.05, 0.1) is 6.61 Å². The summed E-state index contributed by atoms with van der Waals surface area (Å²) in [5, 5.41) is 8.73. The molecular weight excluding hydrogens is 210 g/mol. The average Bonchev–Trinajstić information content (AvgIpc) is 1.96. The summed E-state index contributed by atoms with van der Waals surface area (Å²) in [7, 11) is 1.65. The second-order valence-corrected chi connectivity index (χ2v) is 3.17. The number of nitrogens with zero attached hydrogens (tertiary/aromatic N) is 1. The summed E-state index contributed by atoms with van der Waals surface area (Å²) in [6.45, 7) is -0.216. The van der Waals surface area contributed by atoms with E-state index in [0.717, 1.165) is 4.47 Å². The number of aryl methyl sites for hydroxylation is 1. The highest BCUT2D eigenvalue weighted by Gasteiger charge is 2.00. The van der Waals surface area contributed by atoms with Gasteiger partial charge in [-0.1, -0.05) is 0 Å². The van der Waals surface area contributed by atoms with Gasteiger partial charge in [0.25, 0.3) is 5.56 Å². The molecule has 0 aliphatic rings. The van der Waals surface area contributed by atoms with Gasteiger partial charge in [-0.05, 0) is 22.0 Å². The van der Waals surface area contributed by atoms with Crippen LogP contribution in [0.2, 0.25) is 0 Å². The number of aliphatic hydroxyl groups excluding tert-OH is 1. The molecule has 1 aromatic heterocycles. The molecule has 1 heterocycles. The van der Waals surface area contributed by atoms with Gasteiger partial charge in [0, 0.05) is 23.3 Å². The second-order valence-electron chi connectivity index (χ2n) is 2.26. The fraction of sp³-hybridized carbons (Fsp3) is 0.286. The van der Waals surface area contributed by atoms with Crippen molar-refractivity contribution in [2.24, 2.45) is 7.05 Å². The van der Waals surface area contributed by atoms with Gasteiger partial charge in [-0.3, -0.25) is 4.79 Å². The lowest BCUT2D eigenvalue weighted by molar-refractivity contribution is 0.279. The molecule has 0 amide bonds. The van der Waals surface area contributed by atoms with Gasteiger partial charge in [0.1, 0.15) is 0 Å². The lowest BCUT2D eigenvalue weighted by Gasteiger charge is -2.00. The van der Waals surface area contributed by atoms with E-state index in [1.807, 2.05) is 0 Å². The maximum atomic E-state index is 11.1. The Kier molecular flexibility index (Phi) is 2.46. The van der Waals surface area contributed by atoms with Crippen molar-refractivity contribution in [3.63, 3.8) is 0 Å². The van der Waals surface area contributed by atoms with Crippen LogP contribution in [0.1, 0.15) is 5.56 Å². The van der Waals surface area contributed by atoms with E-state index in [1.54, 1.807) is 19.3 Å². The zero-order valence-corrected chi connectivity index (χ0v) is 7.63. The van der Waals surface area contributed by atoms with E-state index < -0.39 is 0 Å². The Morgan fingerprint density at radius 2 is 2.36 bits per heavy atom. The lowest BCUT2D eigenvalue weighted by Crippen LogP contribution is -2.20. The van der Waals surface area contributed by atoms with Crippen molar-refractivity contribution in [1.29, 1.82) is 0 Å². The number of halogens is 1. The minimum Gasteiger partial charge on any atom is -0.391 e. The first kappa shape index (κ1) is 8.49. The van der Waals surface area contributed by atoms with E-state index in [0.29, 0.717) is 5.56 Å². The van der Waals surface area contributed by atoms with Crippen LogP contribution in [0.25, 0.3) is 0 Å². The third kappa shape index (κ3) is 1.70. The van der Waals surface area contributed by atoms with Gasteiger partial charge in [-0.2, -0.15) is 0 Å². The smallest absolute Gasteiger partial charge is 0.255 e. The van der Waals surface area contributed by atoms with Gasteiger partial charge in [-0.25, -0.2) is 0 Å². The quantitative estimate of drug-likeness (QED) is 0.751. The molecule has 0 atom stereocenters. The summed E-state index contributed by atoms with van der Waals surface area (Å²) in [5.74, 6) is 0. The SMILES string of the molecule is Cn1cc(Br)cc(CO)c1=O. The number of aromatic nitrogens is 1. The second kappa shape index (κ2) is 3.19. The van der Waals surface area contributed by atoms with Crippen molar-refractivity contribution in [3.8, 4) is 0 Å². The Bertz CT molecular complexity index is 319. The van der Waals surface area contributed by atoms with Crippen LogP contribution in [0.3, 0.4) is 0 Å². The van der Waals surface area contributed by atoms with Crippen LogP contribution < -0.4 is 5.56 Å². The first-order chi connectivity index (χ1) is 5.15. The lowest BCUT2D eigenvalue weighted by atomic mass is 10.3. The highest BCUT2D eigenvalue weighted by atomic mass is 79.9. The molecule has 4 heteroatoms. The molecule has 1 N–H and O–H groups in total. The number of hydrogen-bond donors (Lipinski definition) is 1. The van der Waals surface area contributed by atoms with E-state index in [9.17, 15) is 4.79 Å². The fourth-order valence-electron chi connectivity index (χ4n) is 0.849. The maximum absolute atomic E-state index is 11.1. The Morgan fingerprint density at radius 3 is 2.91 bits per heavy atom. The topological polar surface area (TPSA) is 42.2 Å². The zero-order valence-electron chi connectivity index (χ0n) is 6.04. The monoisotopic (exact) mass is 217 g/mol. The molecule has 60 valence electrons. The first-order valence-electron chi connectivity index (χ1n) is 3.11. The number of rotatable bonds is 1. The molecule has 0 radical (unpaired) electrons. The van der Waals surface area contributed by atoms with E-state index in [4.69, 9.17) is 5.11 Å². The number of pyridine rings is 1. The van der Waals surface area contributed by atoms with Crippen molar-refractivity contribution in [3.05, 3.63) is 32.7 Å². The maximum Gasteiger partial charge on any atom is 0.255 e. The van der Waals surface area contributed by atoms with Gasteiger partial charge in [0.2, 0.25) is 0 Å². The summed E-state index contributed by atoms with van der Waals surface area (Å²) in [6.07, 6.45) is 1.65. The van der Waals surface area contributed by atoms with Gasteiger partial charge < -0.3 is 9.67 Å². The molecule has 0 unspecified atom stereocenters. The zero-order chi connectivity index (χ0) is 8.43. The van der Waals surface area contributed by atoms with Gasteiger partial charge in [-0.15, -0.1) is 0 Å². The van der Waals surface area contributed by atoms with Crippen LogP contribution in [0.15, 0.2) is 21.5 Å². The van der Waals surface area contributed by atoms with Crippen molar-refractivity contribution >= 4 is 15.9 Å². The molecule has 0 spiro atoms. The standard InChI is InChI=1S/C7H8BrNO2/c1-9-3-6(8)2-5(4-10)7(9)11/h2-3,10H,4H2,1H3. The minimum atomic E-state index is -0.216. The Balaban J connectivity index is 3.37. The molecule has 0 bridgehead atoms. The van der Waals surface area contributed by atoms with Crippen molar-refractivity contribution < 1.29 is 5.11 Å². The molecule has 0 saturated heterocycles. The minimum absolute atomic E-state index is 0.157. The fourth-order valence-corrected chi connectivity index (χ4v) is 1.43. The molecule has 0 fully saturated rings. The molecule has 0 saturated carbocycles. The molecule has 3 nitrogen and oxygen atoms in total. The van der Waals surface area contributed by atoms with Crippen LogP contribution in [-0.2, 0) is 13.7 Å². The van der Waals surface area contributed by atoms with Crippen molar-refractivity contribution in [2.45, 2.75) is 6.61 Å². The third-order valence-electron chi connectivity index (χ3n) is 1.39. The number of aliphatic hydroxyl groups is 1. The summed E-state index contributed by atoms with van der Waals surface area (Å²) in [5.41, 5.74) is 0.248. The van der Waals surface area contributed by atoms with Gasteiger partial charge >= 0.3 is 0 Å². The predicted molar refractivity (Wildman–Crippen MR) is 45.3 cm³/mol. The Labute approximate surface area is 72.4 Å². The van der Waals surface area contributed by atoms with E-state index >= 15 is 0 Å². The predicted octanol–water partition coefficient (Wildman–Crippen LogP) is 0.640. The molecular formula is C7H8BrNO2. The summed E-state index contributed by atoms with van der Waals surface area (Å²) in [6, 6.07) is 1.61. The summed E-state index contributed by atoms with van der Waals surface area (Å²) < 4.78 is 2.22. The van der Waals surface area contributed by atoms with Crippen LogP contribution in [0.5, 0.6) is 0 Å². The van der Waals surface area contributed by atoms with E-state index in [2.05, 4.69) is 15.9 Å².